The third-order valence-electron chi connectivity index (χ3n) is 4.74. The van der Waals surface area contributed by atoms with Crippen LogP contribution in [0.3, 0.4) is 0 Å². The molecule has 0 saturated carbocycles. The summed E-state index contributed by atoms with van der Waals surface area (Å²) in [6, 6.07) is -1.14. The Hall–Kier alpha value is -0.138. The Morgan fingerprint density at radius 3 is 2.31 bits per heavy atom. The quantitative estimate of drug-likeness (QED) is 0.281. The fourth-order valence-corrected chi connectivity index (χ4v) is 4.18. The van der Waals surface area contributed by atoms with Gasteiger partial charge in [-0.05, 0) is 31.0 Å². The maximum atomic E-state index is 12.8. The van der Waals surface area contributed by atoms with Gasteiger partial charge in [-0.2, -0.15) is 21.6 Å². The van der Waals surface area contributed by atoms with Crippen molar-refractivity contribution in [2.45, 2.75) is 81.6 Å². The molecule has 4 atom stereocenters. The fourth-order valence-electron chi connectivity index (χ4n) is 2.24. The van der Waals surface area contributed by atoms with Crippen molar-refractivity contribution in [3.05, 3.63) is 0 Å². The standard InChI is InChI=1S/C14H26BF3O6SSi/c1-13(2,3)26(4,5)24-11-10(23-25(20,21)14(16,17)18)9(7-6-8-19)22-12(11)15/h9-12,19H,6-8H2,1-5H3/t9-,10+,11?,12-/m1/s1/i19T. The fraction of sp³-hybridized carbons (Fsp3) is 1.00. The molecule has 2 radical (unpaired) electrons. The highest BCUT2D eigenvalue weighted by molar-refractivity contribution is 7.87. The molecule has 1 aliphatic rings. The van der Waals surface area contributed by atoms with E-state index in [9.17, 15) is 21.6 Å². The average Bonchev–Trinajstić information content (AvgIpc) is 2.73. The van der Waals surface area contributed by atoms with Gasteiger partial charge >= 0.3 is 15.6 Å². The van der Waals surface area contributed by atoms with Crippen LogP contribution in [0.1, 0.15) is 33.6 Å². The second-order valence-corrected chi connectivity index (χ2v) is 14.1. The minimum absolute atomic E-state index is 0.00158. The number of alkyl halides is 3. The molecule has 152 valence electrons. The van der Waals surface area contributed by atoms with Gasteiger partial charge in [0, 0.05) is 12.6 Å². The van der Waals surface area contributed by atoms with E-state index in [1.54, 1.807) is 0 Å². The molecule has 1 unspecified atom stereocenters. The lowest BCUT2D eigenvalue weighted by molar-refractivity contribution is -0.0636. The number of hydrogen-bond donors (Lipinski definition) is 1. The topological polar surface area (TPSA) is 82.1 Å². The van der Waals surface area contributed by atoms with Crippen molar-refractivity contribution in [3.63, 3.8) is 0 Å². The minimum Gasteiger partial charge on any atom is -0.409 e. The van der Waals surface area contributed by atoms with Gasteiger partial charge in [-0.15, -0.1) is 0 Å². The van der Waals surface area contributed by atoms with Crippen molar-refractivity contribution in [3.8, 4) is 0 Å². The lowest BCUT2D eigenvalue weighted by atomic mass is 9.92. The van der Waals surface area contributed by atoms with Gasteiger partial charge in [-0.1, -0.05) is 20.8 Å². The lowest BCUT2D eigenvalue weighted by Crippen LogP contribution is -2.51. The molecular weight excluding hydrogens is 392 g/mol. The first-order valence-corrected chi connectivity index (χ1v) is 12.5. The van der Waals surface area contributed by atoms with E-state index < -0.39 is 48.3 Å². The number of hydrogen-bond acceptors (Lipinski definition) is 6. The average molecular weight is 420 g/mol. The van der Waals surface area contributed by atoms with Crippen LogP contribution in [0.15, 0.2) is 0 Å². The van der Waals surface area contributed by atoms with Crippen molar-refractivity contribution >= 4 is 26.3 Å². The van der Waals surface area contributed by atoms with E-state index >= 15 is 0 Å². The zero-order chi connectivity index (χ0) is 21.3. The second kappa shape index (κ2) is 8.08. The minimum atomic E-state index is -5.86. The number of ether oxygens (including phenoxy) is 1. The van der Waals surface area contributed by atoms with E-state index in [4.69, 9.17) is 18.4 Å². The summed E-state index contributed by atoms with van der Waals surface area (Å²) in [6.07, 6.45) is -3.42. The highest BCUT2D eigenvalue weighted by Crippen LogP contribution is 2.41. The van der Waals surface area contributed by atoms with Crippen LogP contribution < -0.4 is 0 Å². The normalized spacial score (nSPS) is 29.0. The summed E-state index contributed by atoms with van der Waals surface area (Å²) < 4.78 is 84.2. The van der Waals surface area contributed by atoms with Crippen LogP contribution in [-0.4, -0.2) is 67.6 Å². The van der Waals surface area contributed by atoms with Crippen molar-refractivity contribution in [2.75, 3.05) is 6.61 Å². The molecule has 0 aliphatic carbocycles. The summed E-state index contributed by atoms with van der Waals surface area (Å²) in [4.78, 5) is 0. The first-order chi connectivity index (χ1) is 12.0. The zero-order valence-electron chi connectivity index (χ0n) is 16.5. The summed E-state index contributed by atoms with van der Waals surface area (Å²) in [6.45, 7) is 9.48. The van der Waals surface area contributed by atoms with Gasteiger partial charge in [0.15, 0.2) is 8.32 Å². The van der Waals surface area contributed by atoms with Gasteiger partial charge in [0.1, 0.15) is 14.0 Å². The summed E-state index contributed by atoms with van der Waals surface area (Å²) in [5, 5.41) is 3.88. The van der Waals surface area contributed by atoms with Gasteiger partial charge < -0.3 is 14.3 Å². The summed E-state index contributed by atoms with van der Waals surface area (Å²) in [5.74, 6) is 0. The predicted octanol–water partition coefficient (Wildman–Crippen LogP) is 2.28. The van der Waals surface area contributed by atoms with Crippen LogP contribution in [0.4, 0.5) is 13.2 Å². The van der Waals surface area contributed by atoms with E-state index in [1.807, 2.05) is 33.9 Å². The molecular formula is C14H26BF3O6SSi. The van der Waals surface area contributed by atoms with Crippen LogP contribution in [0.2, 0.25) is 18.1 Å². The molecule has 26 heavy (non-hydrogen) atoms. The first-order valence-electron chi connectivity index (χ1n) is 8.61. The first kappa shape index (κ1) is 22.2. The van der Waals surface area contributed by atoms with Crippen LogP contribution >= 0.6 is 0 Å². The molecule has 1 saturated heterocycles. The van der Waals surface area contributed by atoms with E-state index in [1.165, 1.54) is 0 Å². The Morgan fingerprint density at radius 1 is 1.27 bits per heavy atom. The Labute approximate surface area is 156 Å². The van der Waals surface area contributed by atoms with Gasteiger partial charge in [-0.25, -0.2) is 0 Å². The van der Waals surface area contributed by atoms with Crippen molar-refractivity contribution in [1.82, 2.24) is 0 Å². The van der Waals surface area contributed by atoms with E-state index in [-0.39, 0.29) is 24.5 Å². The number of aliphatic hydroxyl groups is 1. The lowest BCUT2D eigenvalue weighted by Gasteiger charge is -2.40. The molecule has 6 nitrogen and oxygen atoms in total. The maximum Gasteiger partial charge on any atom is 0.523 e. The molecule has 1 N–H and O–H groups in total. The largest absolute Gasteiger partial charge is 0.523 e. The molecule has 1 aliphatic heterocycles. The molecule has 1 heterocycles. The van der Waals surface area contributed by atoms with E-state index in [0.717, 1.165) is 0 Å². The van der Waals surface area contributed by atoms with Crippen molar-refractivity contribution in [1.29, 1.82) is 1.43 Å². The molecule has 0 aromatic carbocycles. The van der Waals surface area contributed by atoms with Gasteiger partial charge in [0.25, 0.3) is 0 Å². The van der Waals surface area contributed by atoms with E-state index in [0.29, 0.717) is 0 Å². The molecule has 0 aromatic rings. The Kier molecular flexibility index (Phi) is 6.88. The Balaban J connectivity index is 3.14. The highest BCUT2D eigenvalue weighted by atomic mass is 32.2. The summed E-state index contributed by atoms with van der Waals surface area (Å²) in [5.41, 5.74) is -5.57. The monoisotopic (exact) mass is 420 g/mol. The highest BCUT2D eigenvalue weighted by Gasteiger charge is 2.55. The van der Waals surface area contributed by atoms with Crippen LogP contribution in [0, 0.1) is 0 Å². The Bertz CT molecular complexity index is 599. The maximum absolute atomic E-state index is 12.8. The molecule has 1 rings (SSSR count). The van der Waals surface area contributed by atoms with Crippen LogP contribution in [0.5, 0.6) is 0 Å². The van der Waals surface area contributed by atoms with Gasteiger partial charge in [0.2, 0.25) is 1.43 Å². The predicted molar refractivity (Wildman–Crippen MR) is 92.7 cm³/mol. The number of rotatable bonds is 8. The van der Waals surface area contributed by atoms with Crippen LogP contribution in [0.25, 0.3) is 0 Å². The molecule has 0 amide bonds. The summed E-state index contributed by atoms with van der Waals surface area (Å²) >= 11 is 0. The SMILES string of the molecule is [3H]OCCC[C@H]1O[C@@H]([B])C(O[Si](C)(C)C(C)(C)C)[C@H]1OS(=O)(=O)C(F)(F)F. The van der Waals surface area contributed by atoms with Crippen molar-refractivity contribution < 1.29 is 40.0 Å². The molecule has 0 aromatic heterocycles. The molecule has 0 bridgehead atoms. The second-order valence-electron chi connectivity index (χ2n) is 7.79. The molecule has 12 heteroatoms. The van der Waals surface area contributed by atoms with Gasteiger partial charge in [-0.3, -0.25) is 4.18 Å². The summed E-state index contributed by atoms with van der Waals surface area (Å²) in [7, 11) is -2.48. The van der Waals surface area contributed by atoms with E-state index in [2.05, 4.69) is 9.29 Å². The third kappa shape index (κ3) is 5.44. The van der Waals surface area contributed by atoms with Gasteiger partial charge in [0.05, 0.1) is 12.2 Å². The molecule has 1 fully saturated rings. The van der Waals surface area contributed by atoms with Crippen LogP contribution in [-0.2, 0) is 23.5 Å². The third-order valence-corrected chi connectivity index (χ3v) is 10.3. The molecule has 0 spiro atoms. The smallest absolute Gasteiger partial charge is 0.409 e. The zero-order valence-corrected chi connectivity index (χ0v) is 17.3. The van der Waals surface area contributed by atoms with Crippen molar-refractivity contribution in [2.24, 2.45) is 0 Å². The number of aliphatic hydroxyl groups excluding tert-OH is 1. The number of halogens is 3. The Morgan fingerprint density at radius 2 is 1.85 bits per heavy atom.